The van der Waals surface area contributed by atoms with Crippen molar-refractivity contribution in [3.8, 4) is 0 Å². The summed E-state index contributed by atoms with van der Waals surface area (Å²) in [5.41, 5.74) is 28.4. The third kappa shape index (κ3) is 15.7. The summed E-state index contributed by atoms with van der Waals surface area (Å²) in [5.74, 6) is 0. The van der Waals surface area contributed by atoms with E-state index in [1.54, 1.807) is 65.6 Å². The molecule has 0 unspecified atom stereocenters. The van der Waals surface area contributed by atoms with E-state index in [2.05, 4.69) is 135 Å². The van der Waals surface area contributed by atoms with E-state index in [1.165, 1.54) is 145 Å². The molecule has 6 radical (unpaired) electrons. The maximum absolute atomic E-state index is 2.46. The van der Waals surface area contributed by atoms with Crippen LogP contribution in [0.1, 0.15) is 139 Å². The molecule has 0 bridgehead atoms. The zero-order valence-electron chi connectivity index (χ0n) is 41.2. The van der Waals surface area contributed by atoms with Crippen molar-refractivity contribution in [2.45, 2.75) is 157 Å². The van der Waals surface area contributed by atoms with Crippen LogP contribution in [0.25, 0.3) is 0 Å². The first-order valence-electron chi connectivity index (χ1n) is 23.2. The second-order valence-corrected chi connectivity index (χ2v) is 22.1. The molecule has 0 fully saturated rings. The Bertz CT molecular complexity index is 2160. The maximum Gasteiger partial charge on any atom is 2.00 e. The molecule has 0 saturated heterocycles. The number of aryl methyl sites for hydroxylation is 9. The fourth-order valence-electron chi connectivity index (χ4n) is 10.2. The van der Waals surface area contributed by atoms with Gasteiger partial charge in [-0.2, -0.15) is 66.8 Å². The van der Waals surface area contributed by atoms with Crippen LogP contribution in [0.4, 0.5) is 0 Å². The minimum atomic E-state index is 0. The van der Waals surface area contributed by atoms with E-state index >= 15 is 0 Å². The smallest absolute Gasteiger partial charge is 1.00 e. The Balaban J connectivity index is 0.000000473. The van der Waals surface area contributed by atoms with Crippen molar-refractivity contribution < 1.29 is 102 Å². The molecule has 3 aliphatic rings. The van der Waals surface area contributed by atoms with Crippen LogP contribution in [0.5, 0.6) is 0 Å². The van der Waals surface area contributed by atoms with Gasteiger partial charge in [0, 0.05) is 0 Å². The summed E-state index contributed by atoms with van der Waals surface area (Å²) in [4.78, 5) is 0. The Morgan fingerprint density at radius 3 is 0.864 bits per heavy atom. The van der Waals surface area contributed by atoms with Gasteiger partial charge in [0.05, 0.1) is 28.6 Å². The monoisotopic (exact) mass is 1090 g/mol. The summed E-state index contributed by atoms with van der Waals surface area (Å²) < 4.78 is 0. The summed E-state index contributed by atoms with van der Waals surface area (Å²) in [7, 11) is 2.74. The second-order valence-electron chi connectivity index (χ2n) is 18.4. The van der Waals surface area contributed by atoms with Crippen molar-refractivity contribution in [3.63, 3.8) is 0 Å². The van der Waals surface area contributed by atoms with Gasteiger partial charge in [-0.1, -0.05) is 186 Å². The molecule has 9 heteroatoms. The summed E-state index contributed by atoms with van der Waals surface area (Å²) in [6, 6.07) is 31.3. The molecule has 66 heavy (non-hydrogen) atoms. The SMILES string of the molecule is Cc1cccc([Si]C[c-]2c(C)cc3c2CCCC3)c1C.Cc1cccc([Si]C[c-]2c(C)cc3c2CCCC3)c1C.Cc1cccc([Si]C[c-]2c(C)cc3c2CCCC3)c1C.[Cl-].[Cl-].[Cl-].[Ti+2].[Ti+2].[Ti+2]. The Morgan fingerprint density at radius 2 is 0.606 bits per heavy atom. The molecular weight excluding hydrogens is 1020 g/mol. The van der Waals surface area contributed by atoms with E-state index in [-0.39, 0.29) is 102 Å². The topological polar surface area (TPSA) is 0 Å². The molecule has 0 atom stereocenters. The standard InChI is InChI=1S/3C19H23Si.3ClH.3Ti/c3*1-13-7-6-10-19(15(13)3)20-12-18-14(2)11-16-8-4-5-9-17(16)18;;;;;;/h3*6-7,10-11H,4-5,8-9,12H2,1-3H3;3*1H;;;/q3*-1;;;;3*+2/p-3. The molecule has 0 spiro atoms. The molecule has 9 rings (SSSR count). The van der Waals surface area contributed by atoms with Crippen LogP contribution in [-0.2, 0) is 122 Å². The summed E-state index contributed by atoms with van der Waals surface area (Å²) >= 11 is 0. The van der Waals surface area contributed by atoms with Crippen LogP contribution in [0.3, 0.4) is 0 Å². The number of hydrogen-bond acceptors (Lipinski definition) is 0. The first kappa shape index (κ1) is 63.4. The molecule has 0 heterocycles. The molecule has 342 valence electrons. The Hall–Kier alpha value is -0.626. The molecule has 6 aromatic carbocycles. The predicted octanol–water partition coefficient (Wildman–Crippen LogP) is 2.22. The Labute approximate surface area is 472 Å². The first-order chi connectivity index (χ1) is 29.0. The van der Waals surface area contributed by atoms with E-state index in [4.69, 9.17) is 0 Å². The minimum Gasteiger partial charge on any atom is -1.00 e. The fourth-order valence-corrected chi connectivity index (χ4v) is 14.8. The van der Waals surface area contributed by atoms with Gasteiger partial charge in [-0.15, -0.1) is 0 Å². The molecule has 3 aliphatic carbocycles. The van der Waals surface area contributed by atoms with Gasteiger partial charge in [0.1, 0.15) is 0 Å². The van der Waals surface area contributed by atoms with E-state index in [9.17, 15) is 0 Å². The Kier molecular flexibility index (Phi) is 29.1. The normalized spacial score (nSPS) is 13.0. The van der Waals surface area contributed by atoms with Crippen molar-refractivity contribution in [2.24, 2.45) is 0 Å². The van der Waals surface area contributed by atoms with Crippen molar-refractivity contribution in [3.05, 3.63) is 173 Å². The number of benzene rings is 3. The van der Waals surface area contributed by atoms with Gasteiger partial charge < -0.3 is 37.2 Å². The average Bonchev–Trinajstić information content (AvgIpc) is 3.87. The van der Waals surface area contributed by atoms with Crippen molar-refractivity contribution in [1.82, 2.24) is 0 Å². The third-order valence-corrected chi connectivity index (χ3v) is 18.8. The largest absolute Gasteiger partial charge is 2.00 e. The van der Waals surface area contributed by atoms with Crippen LogP contribution in [0, 0.1) is 62.3 Å². The third-order valence-electron chi connectivity index (χ3n) is 14.4. The summed E-state index contributed by atoms with van der Waals surface area (Å²) in [6.07, 6.45) is 16.2. The quantitative estimate of drug-likeness (QED) is 0.154. The molecule has 0 aliphatic heterocycles. The summed E-state index contributed by atoms with van der Waals surface area (Å²) in [6.45, 7) is 20.4. The first-order valence-corrected chi connectivity index (χ1v) is 26.8. The molecule has 6 aromatic rings. The van der Waals surface area contributed by atoms with Crippen LogP contribution < -0.4 is 52.8 Å². The second kappa shape index (κ2) is 30.3. The molecule has 0 nitrogen and oxygen atoms in total. The number of halogens is 3. The van der Waals surface area contributed by atoms with Crippen LogP contribution in [0.2, 0.25) is 0 Å². The van der Waals surface area contributed by atoms with Crippen LogP contribution in [-0.4, -0.2) is 28.6 Å². The van der Waals surface area contributed by atoms with Gasteiger partial charge in [-0.25, -0.2) is 18.2 Å². The van der Waals surface area contributed by atoms with Crippen molar-refractivity contribution in [2.75, 3.05) is 0 Å². The Morgan fingerprint density at radius 1 is 0.364 bits per heavy atom. The maximum atomic E-state index is 2.46. The molecule has 0 saturated carbocycles. The van der Waals surface area contributed by atoms with Gasteiger partial charge in [0.2, 0.25) is 0 Å². The summed E-state index contributed by atoms with van der Waals surface area (Å²) in [5, 5.41) is 4.65. The number of fused-ring (bicyclic) bond motifs is 3. The number of hydrogen-bond donors (Lipinski definition) is 0. The van der Waals surface area contributed by atoms with Gasteiger partial charge in [-0.05, 0) is 74.9 Å². The van der Waals surface area contributed by atoms with E-state index in [0.29, 0.717) is 0 Å². The molecular formula is C57H69Cl3Si3Ti3. The van der Waals surface area contributed by atoms with E-state index < -0.39 is 0 Å². The molecule has 0 aromatic heterocycles. The zero-order valence-corrected chi connectivity index (χ0v) is 51.1. The van der Waals surface area contributed by atoms with Gasteiger partial charge in [0.15, 0.2) is 0 Å². The average molecular weight is 1090 g/mol. The van der Waals surface area contributed by atoms with Crippen molar-refractivity contribution in [1.29, 1.82) is 0 Å². The van der Waals surface area contributed by atoms with Crippen molar-refractivity contribution >= 4 is 44.1 Å². The zero-order chi connectivity index (χ0) is 42.3. The van der Waals surface area contributed by atoms with Gasteiger partial charge in [0.25, 0.3) is 0 Å². The molecule has 0 amide bonds. The molecule has 0 N–H and O–H groups in total. The minimum absolute atomic E-state index is 0. The van der Waals surface area contributed by atoms with E-state index in [0.717, 1.165) is 28.6 Å². The van der Waals surface area contributed by atoms with Crippen LogP contribution >= 0.6 is 0 Å². The van der Waals surface area contributed by atoms with Crippen LogP contribution in [0.15, 0.2) is 72.8 Å². The van der Waals surface area contributed by atoms with E-state index in [1.807, 2.05) is 0 Å². The fraction of sp³-hybridized carbons (Fsp3) is 0.421. The van der Waals surface area contributed by atoms with Gasteiger partial charge in [-0.3, -0.25) is 0 Å². The number of rotatable bonds is 9. The van der Waals surface area contributed by atoms with Gasteiger partial charge >= 0.3 is 65.2 Å². The predicted molar refractivity (Wildman–Crippen MR) is 265 cm³/mol.